The van der Waals surface area contributed by atoms with Crippen LogP contribution in [-0.4, -0.2) is 34.7 Å². The van der Waals surface area contributed by atoms with E-state index in [0.29, 0.717) is 0 Å². The third-order valence-corrected chi connectivity index (χ3v) is 3.84. The highest BCUT2D eigenvalue weighted by molar-refractivity contribution is 5.82. The molecule has 1 aliphatic heterocycles. The van der Waals surface area contributed by atoms with Crippen LogP contribution in [-0.2, 0) is 16.1 Å². The van der Waals surface area contributed by atoms with Gasteiger partial charge in [-0.15, -0.1) is 0 Å². The number of hydrogen-bond acceptors (Lipinski definition) is 4. The summed E-state index contributed by atoms with van der Waals surface area (Å²) in [6, 6.07) is 10.1. The summed E-state index contributed by atoms with van der Waals surface area (Å²) < 4.78 is 10.2. The predicted molar refractivity (Wildman–Crippen MR) is 86.1 cm³/mol. The van der Waals surface area contributed by atoms with Crippen LogP contribution in [0.15, 0.2) is 58.9 Å². The molecule has 1 fully saturated rings. The van der Waals surface area contributed by atoms with Gasteiger partial charge in [0.15, 0.2) is 0 Å². The molecule has 6 heteroatoms. The Morgan fingerprint density at radius 3 is 2.75 bits per heavy atom. The second-order valence-electron chi connectivity index (χ2n) is 5.59. The van der Waals surface area contributed by atoms with E-state index in [-0.39, 0.29) is 19.6 Å². The molecule has 1 aliphatic rings. The Kier molecular flexibility index (Phi) is 4.65. The van der Waals surface area contributed by atoms with Gasteiger partial charge in [-0.2, -0.15) is 0 Å². The van der Waals surface area contributed by atoms with Crippen molar-refractivity contribution in [1.29, 1.82) is 0 Å². The molecule has 1 atom stereocenters. The number of rotatable bonds is 4. The summed E-state index contributed by atoms with van der Waals surface area (Å²) in [6.07, 6.45) is 4.60. The number of furan rings is 1. The summed E-state index contributed by atoms with van der Waals surface area (Å²) in [6.45, 7) is 0.346. The highest BCUT2D eigenvalue weighted by Gasteiger charge is 2.37. The fourth-order valence-electron chi connectivity index (χ4n) is 2.66. The second-order valence-corrected chi connectivity index (χ2v) is 5.59. The molecule has 1 N–H and O–H groups in total. The molecule has 0 bridgehead atoms. The second kappa shape index (κ2) is 7.04. The van der Waals surface area contributed by atoms with Crippen molar-refractivity contribution in [2.24, 2.45) is 0 Å². The topological polar surface area (TPSA) is 80.0 Å². The van der Waals surface area contributed by atoms with E-state index >= 15 is 0 Å². The lowest BCUT2D eigenvalue weighted by molar-refractivity contribution is -0.141. The Hall–Kier alpha value is -3.02. The Bertz CT molecular complexity index is 736. The largest absolute Gasteiger partial charge is 0.480 e. The fourth-order valence-corrected chi connectivity index (χ4v) is 2.66. The van der Waals surface area contributed by atoms with E-state index < -0.39 is 18.1 Å². The van der Waals surface area contributed by atoms with Crippen molar-refractivity contribution in [1.82, 2.24) is 4.90 Å². The van der Waals surface area contributed by atoms with Crippen LogP contribution in [0.25, 0.3) is 6.08 Å². The quantitative estimate of drug-likeness (QED) is 0.933. The van der Waals surface area contributed by atoms with Gasteiger partial charge in [0.05, 0.1) is 12.5 Å². The summed E-state index contributed by atoms with van der Waals surface area (Å²) in [5.41, 5.74) is 2.54. The summed E-state index contributed by atoms with van der Waals surface area (Å²) in [5.74, 6) is -1.04. The molecule has 0 spiro atoms. The van der Waals surface area contributed by atoms with Gasteiger partial charge in [0.1, 0.15) is 12.6 Å². The molecule has 0 unspecified atom stereocenters. The Morgan fingerprint density at radius 1 is 1.29 bits per heavy atom. The van der Waals surface area contributed by atoms with Crippen LogP contribution >= 0.6 is 0 Å². The molecular weight excluding hydrogens is 310 g/mol. The van der Waals surface area contributed by atoms with Crippen LogP contribution in [0.2, 0.25) is 0 Å². The molecule has 0 aliphatic carbocycles. The number of aliphatic carboxylic acids is 1. The Labute approximate surface area is 138 Å². The number of amides is 1. The molecule has 124 valence electrons. The van der Waals surface area contributed by atoms with E-state index in [2.05, 4.69) is 0 Å². The molecule has 1 saturated heterocycles. The first-order chi connectivity index (χ1) is 11.6. The number of carbonyl (C=O) groups excluding carboxylic acids is 1. The van der Waals surface area contributed by atoms with Gasteiger partial charge in [-0.1, -0.05) is 36.4 Å². The van der Waals surface area contributed by atoms with Crippen LogP contribution < -0.4 is 0 Å². The lowest BCUT2D eigenvalue weighted by Gasteiger charge is -2.20. The third-order valence-electron chi connectivity index (χ3n) is 3.84. The zero-order valence-corrected chi connectivity index (χ0v) is 12.9. The van der Waals surface area contributed by atoms with Crippen LogP contribution in [0.5, 0.6) is 0 Å². The number of benzene rings is 1. The molecule has 24 heavy (non-hydrogen) atoms. The van der Waals surface area contributed by atoms with Crippen molar-refractivity contribution in [3.8, 4) is 0 Å². The number of carboxylic acids is 1. The first-order valence-corrected chi connectivity index (χ1v) is 7.55. The highest BCUT2D eigenvalue weighted by Crippen LogP contribution is 2.26. The summed E-state index contributed by atoms with van der Waals surface area (Å²) >= 11 is 0. The van der Waals surface area contributed by atoms with Gasteiger partial charge in [-0.3, -0.25) is 4.90 Å². The first-order valence-electron chi connectivity index (χ1n) is 7.55. The van der Waals surface area contributed by atoms with Gasteiger partial charge in [0, 0.05) is 18.5 Å². The Balaban J connectivity index is 1.68. The molecule has 6 nitrogen and oxygen atoms in total. The van der Waals surface area contributed by atoms with E-state index in [1.807, 2.05) is 36.4 Å². The van der Waals surface area contributed by atoms with Crippen molar-refractivity contribution in [3.05, 3.63) is 65.6 Å². The fraction of sp³-hybridized carbons (Fsp3) is 0.222. The molecule has 0 radical (unpaired) electrons. The predicted octanol–water partition coefficient (Wildman–Crippen LogP) is 3.16. The molecule has 1 aromatic heterocycles. The molecule has 0 saturated carbocycles. The maximum atomic E-state index is 12.3. The lowest BCUT2D eigenvalue weighted by atomic mass is 10.1. The van der Waals surface area contributed by atoms with Gasteiger partial charge in [0.2, 0.25) is 0 Å². The van der Waals surface area contributed by atoms with Gasteiger partial charge in [0.25, 0.3) is 0 Å². The van der Waals surface area contributed by atoms with Crippen molar-refractivity contribution in [2.75, 3.05) is 6.54 Å². The van der Waals surface area contributed by atoms with Gasteiger partial charge in [-0.25, -0.2) is 9.59 Å². The van der Waals surface area contributed by atoms with E-state index in [9.17, 15) is 14.7 Å². The Morgan fingerprint density at radius 2 is 2.08 bits per heavy atom. The molecule has 2 aromatic rings. The minimum absolute atomic E-state index is 0.114. The van der Waals surface area contributed by atoms with Crippen molar-refractivity contribution >= 4 is 18.1 Å². The minimum Gasteiger partial charge on any atom is -0.480 e. The van der Waals surface area contributed by atoms with Crippen LogP contribution in [0.3, 0.4) is 0 Å². The average molecular weight is 327 g/mol. The summed E-state index contributed by atoms with van der Waals surface area (Å²) in [4.78, 5) is 25.0. The van der Waals surface area contributed by atoms with E-state index in [1.54, 1.807) is 18.6 Å². The summed E-state index contributed by atoms with van der Waals surface area (Å²) in [5, 5.41) is 9.37. The van der Waals surface area contributed by atoms with Gasteiger partial charge in [-0.05, 0) is 17.2 Å². The molecule has 3 rings (SSSR count). The standard InChI is InChI=1S/C18H17NO5/c20-17(21)16-9-15(8-14-6-7-23-11-14)10-19(16)18(22)24-12-13-4-2-1-3-5-13/h1-8,11,16H,9-10,12H2,(H,20,21)/b15-8-/t16-/m0/s1. The minimum atomic E-state index is -1.04. The van der Waals surface area contributed by atoms with E-state index in [0.717, 1.165) is 16.7 Å². The zero-order valence-electron chi connectivity index (χ0n) is 12.9. The maximum absolute atomic E-state index is 12.3. The number of likely N-dealkylation sites (tertiary alicyclic amines) is 1. The number of carboxylic acid groups (broad SMARTS) is 1. The van der Waals surface area contributed by atoms with Crippen molar-refractivity contribution in [2.45, 2.75) is 19.1 Å². The molecule has 2 heterocycles. The first kappa shape index (κ1) is 15.9. The number of nitrogens with zero attached hydrogens (tertiary/aromatic N) is 1. The number of ether oxygens (including phenoxy) is 1. The molecule has 1 aromatic carbocycles. The van der Waals surface area contributed by atoms with E-state index in [4.69, 9.17) is 9.15 Å². The van der Waals surface area contributed by atoms with Gasteiger partial charge < -0.3 is 14.3 Å². The highest BCUT2D eigenvalue weighted by atomic mass is 16.6. The lowest BCUT2D eigenvalue weighted by Crippen LogP contribution is -2.40. The van der Waals surface area contributed by atoms with Crippen molar-refractivity contribution in [3.63, 3.8) is 0 Å². The smallest absolute Gasteiger partial charge is 0.411 e. The third kappa shape index (κ3) is 3.65. The van der Waals surface area contributed by atoms with Crippen molar-refractivity contribution < 1.29 is 23.8 Å². The maximum Gasteiger partial charge on any atom is 0.411 e. The SMILES string of the molecule is O=C(O)[C@@H]1C/C(=C/c2ccoc2)CN1C(=O)OCc1ccccc1. The van der Waals surface area contributed by atoms with Crippen LogP contribution in [0, 0.1) is 0 Å². The van der Waals surface area contributed by atoms with Gasteiger partial charge >= 0.3 is 12.1 Å². The number of hydrogen-bond donors (Lipinski definition) is 1. The zero-order chi connectivity index (χ0) is 16.9. The van der Waals surface area contributed by atoms with E-state index in [1.165, 1.54) is 4.90 Å². The van der Waals surface area contributed by atoms with Crippen LogP contribution in [0.4, 0.5) is 4.79 Å². The molecular formula is C18H17NO5. The summed E-state index contributed by atoms with van der Waals surface area (Å²) in [7, 11) is 0. The monoisotopic (exact) mass is 327 g/mol. The average Bonchev–Trinajstić information content (AvgIpc) is 3.24. The molecule has 1 amide bonds. The number of carbonyl (C=O) groups is 2. The van der Waals surface area contributed by atoms with Crippen LogP contribution in [0.1, 0.15) is 17.5 Å². The normalized spacial score (nSPS) is 18.8.